The Kier molecular flexibility index (Phi) is 3.39. The van der Waals surface area contributed by atoms with Gasteiger partial charge >= 0.3 is 5.97 Å². The van der Waals surface area contributed by atoms with Gasteiger partial charge in [-0.05, 0) is 32.1 Å². The van der Waals surface area contributed by atoms with E-state index >= 15 is 0 Å². The number of hydrogen-bond donors (Lipinski definition) is 0. The van der Waals surface area contributed by atoms with E-state index < -0.39 is 0 Å². The lowest BCUT2D eigenvalue weighted by Crippen LogP contribution is -2.43. The predicted octanol–water partition coefficient (Wildman–Crippen LogP) is 1.62. The second kappa shape index (κ2) is 5.29. The first-order valence-corrected chi connectivity index (χ1v) is 9.44. The summed E-state index contributed by atoms with van der Waals surface area (Å²) >= 11 is 0. The maximum absolute atomic E-state index is 12.7. The topological polar surface area (TPSA) is 51.3 Å². The van der Waals surface area contributed by atoms with Gasteiger partial charge in [-0.1, -0.05) is 12.2 Å². The predicted molar refractivity (Wildman–Crippen MR) is 87.4 cm³/mol. The van der Waals surface area contributed by atoms with Crippen LogP contribution in [0.15, 0.2) is 12.2 Å². The molecule has 5 aliphatic rings. The van der Waals surface area contributed by atoms with Gasteiger partial charge in [-0.15, -0.1) is 0 Å². The maximum Gasteiger partial charge on any atom is 0.310 e. The van der Waals surface area contributed by atoms with E-state index in [9.17, 15) is 4.79 Å². The van der Waals surface area contributed by atoms with Crippen molar-refractivity contribution < 1.29 is 19.0 Å². The quantitative estimate of drug-likeness (QED) is 0.437. The van der Waals surface area contributed by atoms with Crippen LogP contribution in [-0.2, 0) is 19.0 Å². The molecule has 24 heavy (non-hydrogen) atoms. The van der Waals surface area contributed by atoms with Gasteiger partial charge in [-0.2, -0.15) is 0 Å². The summed E-state index contributed by atoms with van der Waals surface area (Å²) in [4.78, 5) is 15.0. The van der Waals surface area contributed by atoms with Crippen molar-refractivity contribution >= 4 is 5.97 Å². The number of epoxide rings is 1. The SMILES string of the molecule is C=C1CC[C@@H]2[C@H](OC(=O)[C@H]2CN2CCOCC2)[C@@H]2[C@H]1C[C@@H]1O[C@@]21C. The van der Waals surface area contributed by atoms with Crippen LogP contribution in [0.4, 0.5) is 0 Å². The van der Waals surface area contributed by atoms with Crippen LogP contribution in [0.2, 0.25) is 0 Å². The van der Waals surface area contributed by atoms with Crippen molar-refractivity contribution in [3.05, 3.63) is 12.2 Å². The number of carbonyl (C=O) groups excluding carboxylic acids is 1. The molecule has 3 saturated heterocycles. The van der Waals surface area contributed by atoms with Gasteiger partial charge in [-0.3, -0.25) is 9.69 Å². The van der Waals surface area contributed by atoms with Gasteiger partial charge in [0.2, 0.25) is 0 Å². The molecule has 7 atom stereocenters. The molecule has 0 unspecified atom stereocenters. The van der Waals surface area contributed by atoms with E-state index in [1.165, 1.54) is 5.57 Å². The molecule has 5 rings (SSSR count). The Hall–Kier alpha value is -0.910. The van der Waals surface area contributed by atoms with Crippen LogP contribution in [0.25, 0.3) is 0 Å². The summed E-state index contributed by atoms with van der Waals surface area (Å²) in [7, 11) is 0. The molecule has 0 aromatic rings. The van der Waals surface area contributed by atoms with Crippen molar-refractivity contribution in [2.75, 3.05) is 32.8 Å². The molecule has 0 amide bonds. The number of morpholine rings is 1. The number of esters is 1. The van der Waals surface area contributed by atoms with E-state index in [1.54, 1.807) is 0 Å². The normalized spacial score (nSPS) is 50.7. The van der Waals surface area contributed by atoms with Crippen LogP contribution >= 0.6 is 0 Å². The highest BCUT2D eigenvalue weighted by Gasteiger charge is 2.71. The summed E-state index contributed by atoms with van der Waals surface area (Å²) in [5.74, 6) is 1.10. The third-order valence-electron chi connectivity index (χ3n) is 7.27. The van der Waals surface area contributed by atoms with Crippen LogP contribution in [-0.4, -0.2) is 61.5 Å². The van der Waals surface area contributed by atoms with Crippen molar-refractivity contribution in [1.29, 1.82) is 0 Å². The number of hydrogen-bond acceptors (Lipinski definition) is 5. The Labute approximate surface area is 143 Å². The summed E-state index contributed by atoms with van der Waals surface area (Å²) in [6, 6.07) is 0. The Morgan fingerprint density at radius 2 is 2.12 bits per heavy atom. The molecule has 5 nitrogen and oxygen atoms in total. The lowest BCUT2D eigenvalue weighted by molar-refractivity contribution is -0.148. The fourth-order valence-corrected chi connectivity index (χ4v) is 5.83. The molecule has 0 bridgehead atoms. The lowest BCUT2D eigenvalue weighted by atomic mass is 9.77. The first-order chi connectivity index (χ1) is 11.6. The van der Waals surface area contributed by atoms with Crippen LogP contribution in [0.3, 0.4) is 0 Å². The number of allylic oxidation sites excluding steroid dienone is 1. The second-order valence-electron chi connectivity index (χ2n) is 8.44. The van der Waals surface area contributed by atoms with Crippen molar-refractivity contribution in [2.24, 2.45) is 23.7 Å². The standard InChI is InChI=1S/C19H27NO4/c1-11-3-4-12-14(10-20-5-7-22-8-6-20)18(21)23-17(12)16-13(11)9-15-19(16,2)24-15/h12-17H,1,3-10H2,2H3/t12-,13-,14-,15-,16-,17-,19+/m0/s1. The highest BCUT2D eigenvalue weighted by Crippen LogP contribution is 2.63. The molecule has 0 aromatic carbocycles. The molecule has 0 spiro atoms. The van der Waals surface area contributed by atoms with Gasteiger partial charge < -0.3 is 14.2 Å². The zero-order chi connectivity index (χ0) is 16.5. The third kappa shape index (κ3) is 2.14. The molecule has 132 valence electrons. The monoisotopic (exact) mass is 333 g/mol. The Morgan fingerprint density at radius 1 is 1.33 bits per heavy atom. The Balaban J connectivity index is 1.40. The number of carbonyl (C=O) groups is 1. The van der Waals surface area contributed by atoms with E-state index in [0.717, 1.165) is 52.1 Å². The highest BCUT2D eigenvalue weighted by molar-refractivity contribution is 5.75. The van der Waals surface area contributed by atoms with Gasteiger partial charge in [0.25, 0.3) is 0 Å². The molecule has 0 N–H and O–H groups in total. The largest absolute Gasteiger partial charge is 0.461 e. The van der Waals surface area contributed by atoms with E-state index in [2.05, 4.69) is 18.4 Å². The molecule has 5 heteroatoms. The first-order valence-electron chi connectivity index (χ1n) is 9.44. The molecule has 0 aromatic heterocycles. The molecule has 3 aliphatic heterocycles. The van der Waals surface area contributed by atoms with Gasteiger partial charge in [0.1, 0.15) is 6.10 Å². The van der Waals surface area contributed by atoms with Crippen molar-refractivity contribution in [3.8, 4) is 0 Å². The Bertz CT molecular complexity index is 572. The van der Waals surface area contributed by atoms with Crippen LogP contribution in [0.5, 0.6) is 0 Å². The lowest BCUT2D eigenvalue weighted by Gasteiger charge is -2.32. The fraction of sp³-hybridized carbons (Fsp3) is 0.842. The molecule has 0 radical (unpaired) electrons. The maximum atomic E-state index is 12.7. The fourth-order valence-electron chi connectivity index (χ4n) is 5.83. The number of rotatable bonds is 2. The minimum atomic E-state index is -0.0883. The average Bonchev–Trinajstić information content (AvgIpc) is 3.05. The van der Waals surface area contributed by atoms with E-state index in [4.69, 9.17) is 14.2 Å². The summed E-state index contributed by atoms with van der Waals surface area (Å²) in [5, 5.41) is 0. The van der Waals surface area contributed by atoms with Gasteiger partial charge in [0, 0.05) is 31.5 Å². The average molecular weight is 333 g/mol. The second-order valence-corrected chi connectivity index (χ2v) is 8.44. The third-order valence-corrected chi connectivity index (χ3v) is 7.27. The van der Waals surface area contributed by atoms with E-state index in [-0.39, 0.29) is 23.6 Å². The molecular formula is C19H27NO4. The van der Waals surface area contributed by atoms with Gasteiger partial charge in [-0.25, -0.2) is 0 Å². The Morgan fingerprint density at radius 3 is 2.92 bits per heavy atom. The number of ether oxygens (including phenoxy) is 3. The molecular weight excluding hydrogens is 306 g/mol. The van der Waals surface area contributed by atoms with Crippen LogP contribution in [0, 0.1) is 23.7 Å². The smallest absolute Gasteiger partial charge is 0.310 e. The van der Waals surface area contributed by atoms with Crippen molar-refractivity contribution in [1.82, 2.24) is 4.90 Å². The van der Waals surface area contributed by atoms with Gasteiger partial charge in [0.05, 0.1) is 30.8 Å². The summed E-state index contributed by atoms with van der Waals surface area (Å²) in [6.45, 7) is 10.8. The molecule has 5 fully saturated rings. The molecule has 2 saturated carbocycles. The van der Waals surface area contributed by atoms with Crippen molar-refractivity contribution in [3.63, 3.8) is 0 Å². The summed E-state index contributed by atoms with van der Waals surface area (Å²) < 4.78 is 17.4. The molecule has 2 aliphatic carbocycles. The summed E-state index contributed by atoms with van der Waals surface area (Å²) in [6.07, 6.45) is 3.49. The van der Waals surface area contributed by atoms with Crippen LogP contribution in [0.1, 0.15) is 26.2 Å². The van der Waals surface area contributed by atoms with E-state index in [1.807, 2.05) is 0 Å². The van der Waals surface area contributed by atoms with Crippen molar-refractivity contribution in [2.45, 2.75) is 44.0 Å². The molecule has 3 heterocycles. The van der Waals surface area contributed by atoms with Crippen LogP contribution < -0.4 is 0 Å². The first kappa shape index (κ1) is 15.4. The van der Waals surface area contributed by atoms with E-state index in [0.29, 0.717) is 23.9 Å². The summed E-state index contributed by atoms with van der Waals surface area (Å²) in [5.41, 5.74) is 1.27. The zero-order valence-electron chi connectivity index (χ0n) is 14.4. The number of nitrogens with zero attached hydrogens (tertiary/aromatic N) is 1. The van der Waals surface area contributed by atoms with Gasteiger partial charge in [0.15, 0.2) is 0 Å². The minimum Gasteiger partial charge on any atom is -0.461 e. The zero-order valence-corrected chi connectivity index (χ0v) is 14.4. The number of fused-ring (bicyclic) bond motifs is 5. The highest BCUT2D eigenvalue weighted by atomic mass is 16.6. The minimum absolute atomic E-state index is 0.000972.